The Balaban J connectivity index is 1.72. The van der Waals surface area contributed by atoms with Crippen LogP contribution in [0.1, 0.15) is 44.7 Å². The Kier molecular flexibility index (Phi) is 7.10. The summed E-state index contributed by atoms with van der Waals surface area (Å²) in [5, 5.41) is 0. The van der Waals surface area contributed by atoms with E-state index in [9.17, 15) is 0 Å². The highest BCUT2D eigenvalue weighted by atomic mass is 15.1. The first-order valence-corrected chi connectivity index (χ1v) is 10.9. The van der Waals surface area contributed by atoms with Gasteiger partial charge in [-0.25, -0.2) is 4.57 Å². The first kappa shape index (κ1) is 21.8. The lowest BCUT2D eigenvalue weighted by Crippen LogP contribution is -2.30. The van der Waals surface area contributed by atoms with E-state index in [0.29, 0.717) is 0 Å². The fourth-order valence-corrected chi connectivity index (χ4v) is 3.93. The predicted octanol–water partition coefficient (Wildman–Crippen LogP) is 6.46. The molecule has 30 heavy (non-hydrogen) atoms. The summed E-state index contributed by atoms with van der Waals surface area (Å²) in [4.78, 5) is 2.12. The van der Waals surface area contributed by atoms with Crippen molar-refractivity contribution in [3.8, 4) is 0 Å². The minimum absolute atomic E-state index is 0.282. The second kappa shape index (κ2) is 9.75. The third-order valence-corrected chi connectivity index (χ3v) is 5.49. The highest BCUT2D eigenvalue weighted by molar-refractivity contribution is 5.58. The molecule has 1 aromatic carbocycles. The van der Waals surface area contributed by atoms with Gasteiger partial charge >= 0.3 is 0 Å². The summed E-state index contributed by atoms with van der Waals surface area (Å²) in [5.74, 6) is 0. The van der Waals surface area contributed by atoms with E-state index in [-0.39, 0.29) is 5.41 Å². The van der Waals surface area contributed by atoms with Crippen LogP contribution in [0, 0.1) is 5.41 Å². The summed E-state index contributed by atoms with van der Waals surface area (Å²) in [6.07, 6.45) is 19.9. The van der Waals surface area contributed by atoms with Crippen LogP contribution in [-0.2, 0) is 6.54 Å². The number of nitrogens with zero attached hydrogens (tertiary/aromatic N) is 2. The number of rotatable bonds is 6. The molecule has 3 rings (SSSR count). The Labute approximate surface area is 182 Å². The third-order valence-electron chi connectivity index (χ3n) is 5.49. The van der Waals surface area contributed by atoms with Crippen LogP contribution in [0.5, 0.6) is 0 Å². The van der Waals surface area contributed by atoms with Gasteiger partial charge in [0.15, 0.2) is 12.4 Å². The Hall–Kier alpha value is -2.87. The molecule has 1 aliphatic carbocycles. The molecule has 0 N–H and O–H groups in total. The molecule has 0 saturated carbocycles. The lowest BCUT2D eigenvalue weighted by atomic mass is 9.75. The number of anilines is 1. The standard InChI is InChI=1S/C28H35N2/c1-6-30-17-15-24(16-18-30)19-26-20-25(21-28(2,3)22-26)10-8-7-9-23-11-13-27(14-12-23)29(4)5/h7-20H,6,21-22H2,1-5H3/q+1. The zero-order valence-corrected chi connectivity index (χ0v) is 19.1. The van der Waals surface area contributed by atoms with E-state index in [1.54, 1.807) is 0 Å². The molecule has 0 atom stereocenters. The van der Waals surface area contributed by atoms with Gasteiger partial charge in [-0.2, -0.15) is 0 Å². The summed E-state index contributed by atoms with van der Waals surface area (Å²) < 4.78 is 2.19. The number of allylic oxidation sites excluding steroid dienone is 6. The number of hydrogen-bond acceptors (Lipinski definition) is 1. The zero-order valence-electron chi connectivity index (χ0n) is 19.1. The molecule has 0 bridgehead atoms. The highest BCUT2D eigenvalue weighted by Crippen LogP contribution is 2.39. The molecule has 0 fully saturated rings. The molecule has 1 heterocycles. The Bertz CT molecular complexity index is 953. The topological polar surface area (TPSA) is 7.12 Å². The number of benzene rings is 1. The third kappa shape index (κ3) is 6.32. The summed E-state index contributed by atoms with van der Waals surface area (Å²) in [5.41, 5.74) is 6.79. The summed E-state index contributed by atoms with van der Waals surface area (Å²) in [7, 11) is 4.13. The molecule has 2 nitrogen and oxygen atoms in total. The van der Waals surface area contributed by atoms with Crippen LogP contribution >= 0.6 is 0 Å². The van der Waals surface area contributed by atoms with Crippen LogP contribution in [0.25, 0.3) is 12.2 Å². The van der Waals surface area contributed by atoms with Gasteiger partial charge in [0.05, 0.1) is 0 Å². The normalized spacial score (nSPS) is 17.6. The van der Waals surface area contributed by atoms with Crippen molar-refractivity contribution >= 4 is 17.8 Å². The minimum Gasteiger partial charge on any atom is -0.378 e. The number of pyridine rings is 1. The summed E-state index contributed by atoms with van der Waals surface area (Å²) in [6, 6.07) is 13.0. The van der Waals surface area contributed by atoms with E-state index in [1.165, 1.54) is 28.0 Å². The van der Waals surface area contributed by atoms with Gasteiger partial charge in [0.1, 0.15) is 6.54 Å². The molecule has 0 saturated heterocycles. The van der Waals surface area contributed by atoms with Crippen LogP contribution in [0.2, 0.25) is 0 Å². The molecule has 156 valence electrons. The molecule has 0 spiro atoms. The summed E-state index contributed by atoms with van der Waals surface area (Å²) in [6.45, 7) is 7.89. The van der Waals surface area contributed by atoms with Gasteiger partial charge in [-0.15, -0.1) is 0 Å². The van der Waals surface area contributed by atoms with Crippen LogP contribution in [0.4, 0.5) is 5.69 Å². The van der Waals surface area contributed by atoms with Gasteiger partial charge in [0.2, 0.25) is 0 Å². The van der Waals surface area contributed by atoms with Crippen LogP contribution in [-0.4, -0.2) is 14.1 Å². The average Bonchev–Trinajstić information content (AvgIpc) is 2.71. The maximum atomic E-state index is 2.36. The first-order chi connectivity index (χ1) is 14.3. The monoisotopic (exact) mass is 399 g/mol. The molecule has 1 aromatic heterocycles. The van der Waals surface area contributed by atoms with Crippen molar-refractivity contribution in [2.75, 3.05) is 19.0 Å². The van der Waals surface area contributed by atoms with Crippen LogP contribution in [0.3, 0.4) is 0 Å². The molecular formula is C28H35N2+. The minimum atomic E-state index is 0.282. The van der Waals surface area contributed by atoms with Crippen LogP contribution in [0.15, 0.2) is 84.2 Å². The first-order valence-electron chi connectivity index (χ1n) is 10.9. The largest absolute Gasteiger partial charge is 0.378 e. The SMILES string of the molecule is CC[n+]1ccc(C=C2C=C(C=CC=Cc3ccc(N(C)C)cc3)CC(C)(C)C2)cc1. The smallest absolute Gasteiger partial charge is 0.169 e. The maximum absolute atomic E-state index is 2.36. The Morgan fingerprint density at radius 1 is 0.900 bits per heavy atom. The fraction of sp³-hybridized carbons (Fsp3) is 0.321. The Morgan fingerprint density at radius 2 is 1.57 bits per heavy atom. The van der Waals surface area contributed by atoms with Crippen molar-refractivity contribution in [2.24, 2.45) is 5.41 Å². The van der Waals surface area contributed by atoms with Crippen molar-refractivity contribution in [3.63, 3.8) is 0 Å². The molecule has 2 aromatic rings. The van der Waals surface area contributed by atoms with Gasteiger partial charge in [0.25, 0.3) is 0 Å². The van der Waals surface area contributed by atoms with E-state index in [4.69, 9.17) is 0 Å². The van der Waals surface area contributed by atoms with E-state index in [0.717, 1.165) is 19.4 Å². The van der Waals surface area contributed by atoms with E-state index < -0.39 is 0 Å². The van der Waals surface area contributed by atoms with E-state index in [1.807, 2.05) is 0 Å². The lowest BCUT2D eigenvalue weighted by Gasteiger charge is -2.30. The van der Waals surface area contributed by atoms with Gasteiger partial charge in [0, 0.05) is 31.9 Å². The van der Waals surface area contributed by atoms with Gasteiger partial charge in [-0.1, -0.05) is 62.4 Å². The number of hydrogen-bond donors (Lipinski definition) is 0. The molecule has 0 amide bonds. The van der Waals surface area contributed by atoms with E-state index in [2.05, 4.69) is 130 Å². The molecule has 0 radical (unpaired) electrons. The fourth-order valence-electron chi connectivity index (χ4n) is 3.93. The van der Waals surface area contributed by atoms with Gasteiger partial charge in [-0.3, -0.25) is 0 Å². The van der Waals surface area contributed by atoms with Crippen LogP contribution < -0.4 is 9.47 Å². The molecule has 1 aliphatic rings. The van der Waals surface area contributed by atoms with Crippen molar-refractivity contribution in [2.45, 2.75) is 40.2 Å². The molecular weight excluding hydrogens is 364 g/mol. The van der Waals surface area contributed by atoms with Gasteiger partial charge in [-0.05, 0) is 59.6 Å². The maximum Gasteiger partial charge on any atom is 0.169 e. The summed E-state index contributed by atoms with van der Waals surface area (Å²) >= 11 is 0. The molecule has 2 heteroatoms. The zero-order chi connectivity index (χ0) is 21.6. The number of aromatic nitrogens is 1. The van der Waals surface area contributed by atoms with Crippen molar-refractivity contribution in [1.82, 2.24) is 0 Å². The number of aryl methyl sites for hydroxylation is 1. The second-order valence-corrected chi connectivity index (χ2v) is 9.12. The highest BCUT2D eigenvalue weighted by Gasteiger charge is 2.24. The quantitative estimate of drug-likeness (QED) is 0.399. The second-order valence-electron chi connectivity index (χ2n) is 9.12. The van der Waals surface area contributed by atoms with Crippen molar-refractivity contribution < 1.29 is 4.57 Å². The molecule has 0 aliphatic heterocycles. The van der Waals surface area contributed by atoms with E-state index >= 15 is 0 Å². The van der Waals surface area contributed by atoms with Crippen molar-refractivity contribution in [1.29, 1.82) is 0 Å². The molecule has 0 unspecified atom stereocenters. The van der Waals surface area contributed by atoms with Gasteiger partial charge < -0.3 is 4.90 Å². The predicted molar refractivity (Wildman–Crippen MR) is 130 cm³/mol. The lowest BCUT2D eigenvalue weighted by molar-refractivity contribution is -0.693. The van der Waals surface area contributed by atoms with Crippen molar-refractivity contribution in [3.05, 3.63) is 95.4 Å². The average molecular weight is 400 g/mol. The Morgan fingerprint density at radius 3 is 2.20 bits per heavy atom.